The highest BCUT2D eigenvalue weighted by Gasteiger charge is 2.17. The third-order valence-corrected chi connectivity index (χ3v) is 4.68. The van der Waals surface area contributed by atoms with Gasteiger partial charge in [-0.25, -0.2) is 9.50 Å². The minimum atomic E-state index is 0.255. The first-order chi connectivity index (χ1) is 12.6. The molecule has 0 bridgehead atoms. The Hall–Kier alpha value is -3.09. The summed E-state index contributed by atoms with van der Waals surface area (Å²) >= 11 is 1.54. The Morgan fingerprint density at radius 3 is 2.73 bits per heavy atom. The highest BCUT2D eigenvalue weighted by atomic mass is 32.1. The third-order valence-electron chi connectivity index (χ3n) is 3.85. The number of benzene rings is 1. The number of hydrogen-bond donors (Lipinski definition) is 0. The number of hydrogen-bond acceptors (Lipinski definition) is 7. The lowest BCUT2D eigenvalue weighted by Crippen LogP contribution is -2.01. The summed E-state index contributed by atoms with van der Waals surface area (Å²) in [6.07, 6.45) is 3.42. The van der Waals surface area contributed by atoms with Crippen molar-refractivity contribution in [3.63, 3.8) is 0 Å². The molecule has 0 aliphatic rings. The Morgan fingerprint density at radius 1 is 1.19 bits per heavy atom. The molecule has 130 valence electrons. The summed E-state index contributed by atoms with van der Waals surface area (Å²) in [5.41, 5.74) is 4.58. The van der Waals surface area contributed by atoms with Gasteiger partial charge in [-0.05, 0) is 13.8 Å². The number of rotatable bonds is 5. The monoisotopic (exact) mass is 365 g/mol. The van der Waals surface area contributed by atoms with Gasteiger partial charge < -0.3 is 4.74 Å². The molecule has 0 fully saturated rings. The lowest BCUT2D eigenvalue weighted by molar-refractivity contribution is 0.101. The summed E-state index contributed by atoms with van der Waals surface area (Å²) in [7, 11) is 0. The summed E-state index contributed by atoms with van der Waals surface area (Å²) < 4.78 is 8.73. The van der Waals surface area contributed by atoms with Crippen molar-refractivity contribution in [2.24, 2.45) is 0 Å². The molecule has 3 heterocycles. The second-order valence-electron chi connectivity index (χ2n) is 5.84. The maximum atomic E-state index is 8.78. The zero-order chi connectivity index (χ0) is 18.1. The highest BCUT2D eigenvalue weighted by molar-refractivity contribution is 7.16. The van der Waals surface area contributed by atoms with Crippen LogP contribution >= 0.6 is 11.3 Å². The predicted molar refractivity (Wildman–Crippen MR) is 95.3 cm³/mol. The number of fused-ring (bicyclic) bond motifs is 1. The van der Waals surface area contributed by atoms with Crippen LogP contribution in [0, 0.1) is 25.3 Å². The van der Waals surface area contributed by atoms with Crippen LogP contribution in [0.5, 0.6) is 0 Å². The summed E-state index contributed by atoms with van der Waals surface area (Å²) in [6.45, 7) is 4.59. The average Bonchev–Trinajstić information content (AvgIpc) is 3.31. The van der Waals surface area contributed by atoms with Crippen molar-refractivity contribution in [1.82, 2.24) is 29.6 Å². The third kappa shape index (κ3) is 3.08. The van der Waals surface area contributed by atoms with E-state index in [9.17, 15) is 0 Å². The molecule has 1 aromatic carbocycles. The topological polar surface area (TPSA) is 93.9 Å². The molecule has 4 aromatic rings. The van der Waals surface area contributed by atoms with E-state index in [0.29, 0.717) is 12.3 Å². The Balaban J connectivity index is 1.62. The van der Waals surface area contributed by atoms with Crippen molar-refractivity contribution >= 4 is 16.3 Å². The van der Waals surface area contributed by atoms with Gasteiger partial charge in [-0.3, -0.25) is 0 Å². The zero-order valence-corrected chi connectivity index (χ0v) is 15.1. The van der Waals surface area contributed by atoms with Crippen LogP contribution in [0.2, 0.25) is 0 Å². The molecular formula is C17H15N7OS. The van der Waals surface area contributed by atoms with Crippen LogP contribution in [0.3, 0.4) is 0 Å². The van der Waals surface area contributed by atoms with Crippen LogP contribution in [-0.2, 0) is 18.0 Å². The lowest BCUT2D eigenvalue weighted by Gasteiger charge is -2.05. The molecule has 0 aliphatic carbocycles. The van der Waals surface area contributed by atoms with E-state index < -0.39 is 0 Å². The molecule has 0 N–H and O–H groups in total. The van der Waals surface area contributed by atoms with Gasteiger partial charge in [0.2, 0.25) is 11.2 Å². The van der Waals surface area contributed by atoms with Crippen molar-refractivity contribution in [1.29, 1.82) is 5.26 Å². The minimum Gasteiger partial charge on any atom is -0.369 e. The Morgan fingerprint density at radius 2 is 2.00 bits per heavy atom. The molecule has 4 rings (SSSR count). The number of nitrogens with zero attached hydrogens (tertiary/aromatic N) is 7. The molecule has 0 amide bonds. The Bertz CT molecular complexity index is 1100. The van der Waals surface area contributed by atoms with Crippen LogP contribution < -0.4 is 0 Å². The quantitative estimate of drug-likeness (QED) is 0.540. The molecule has 0 spiro atoms. The van der Waals surface area contributed by atoms with E-state index >= 15 is 0 Å². The van der Waals surface area contributed by atoms with Crippen LogP contribution in [-0.4, -0.2) is 29.6 Å². The number of imidazole rings is 1. The van der Waals surface area contributed by atoms with Crippen molar-refractivity contribution in [3.8, 4) is 17.5 Å². The molecule has 0 saturated carbocycles. The Labute approximate surface area is 153 Å². The van der Waals surface area contributed by atoms with Gasteiger partial charge in [-0.1, -0.05) is 46.4 Å². The van der Waals surface area contributed by atoms with Crippen LogP contribution in [0.1, 0.15) is 22.0 Å². The van der Waals surface area contributed by atoms with Gasteiger partial charge in [0.05, 0.1) is 30.8 Å². The van der Waals surface area contributed by atoms with Crippen molar-refractivity contribution in [3.05, 3.63) is 52.4 Å². The van der Waals surface area contributed by atoms with Gasteiger partial charge in [0.15, 0.2) is 0 Å². The number of ether oxygens (including phenoxy) is 1. The SMILES string of the molecule is Cc1ccc(-c2nc3sc(C)nn3c2COCc2cn(C#N)nn2)cc1. The van der Waals surface area contributed by atoms with Gasteiger partial charge in [0.25, 0.3) is 0 Å². The van der Waals surface area contributed by atoms with Gasteiger partial charge in [-0.2, -0.15) is 15.0 Å². The fraction of sp³-hybridized carbons (Fsp3) is 0.235. The van der Waals surface area contributed by atoms with Crippen LogP contribution in [0.15, 0.2) is 30.5 Å². The van der Waals surface area contributed by atoms with E-state index in [2.05, 4.69) is 46.6 Å². The molecule has 3 aromatic heterocycles. The van der Waals surface area contributed by atoms with Crippen molar-refractivity contribution in [2.45, 2.75) is 27.1 Å². The molecule has 0 radical (unpaired) electrons. The molecule has 0 saturated heterocycles. The highest BCUT2D eigenvalue weighted by Crippen LogP contribution is 2.28. The van der Waals surface area contributed by atoms with Gasteiger partial charge in [0.1, 0.15) is 10.7 Å². The van der Waals surface area contributed by atoms with Crippen molar-refractivity contribution < 1.29 is 4.74 Å². The molecule has 0 atom stereocenters. The van der Waals surface area contributed by atoms with Gasteiger partial charge in [-0.15, -0.1) is 5.10 Å². The molecule has 0 unspecified atom stereocenters. The van der Waals surface area contributed by atoms with E-state index in [-0.39, 0.29) is 6.61 Å². The normalized spacial score (nSPS) is 11.1. The first kappa shape index (κ1) is 16.4. The molecule has 26 heavy (non-hydrogen) atoms. The number of nitriles is 1. The summed E-state index contributed by atoms with van der Waals surface area (Å²) in [5.74, 6) is 0. The average molecular weight is 365 g/mol. The maximum Gasteiger partial charge on any atom is 0.213 e. The van der Waals surface area contributed by atoms with E-state index in [1.54, 1.807) is 17.5 Å². The second kappa shape index (κ2) is 6.67. The molecule has 0 aliphatic heterocycles. The first-order valence-electron chi connectivity index (χ1n) is 7.95. The van der Waals surface area contributed by atoms with Crippen molar-refractivity contribution in [2.75, 3.05) is 0 Å². The summed E-state index contributed by atoms with van der Waals surface area (Å²) in [5, 5.41) is 21.8. The second-order valence-corrected chi connectivity index (χ2v) is 7.00. The van der Waals surface area contributed by atoms with Crippen LogP contribution in [0.4, 0.5) is 0 Å². The standard InChI is InChI=1S/C17H15N7OS/c1-11-3-5-13(6-4-11)16-15(24-17(19-16)26-12(2)21-24)9-25-8-14-7-23(10-18)22-20-14/h3-7H,8-9H2,1-2H3. The van der Waals surface area contributed by atoms with Crippen LogP contribution in [0.25, 0.3) is 16.2 Å². The molecular weight excluding hydrogens is 350 g/mol. The predicted octanol–water partition coefficient (Wildman–Crippen LogP) is 2.71. The van der Waals surface area contributed by atoms with E-state index in [1.807, 2.05) is 17.6 Å². The number of aromatic nitrogens is 6. The largest absolute Gasteiger partial charge is 0.369 e. The fourth-order valence-corrected chi connectivity index (χ4v) is 3.38. The molecule has 9 heteroatoms. The van der Waals surface area contributed by atoms with E-state index in [4.69, 9.17) is 15.0 Å². The number of aryl methyl sites for hydroxylation is 2. The van der Waals surface area contributed by atoms with E-state index in [1.165, 1.54) is 5.56 Å². The van der Waals surface area contributed by atoms with Gasteiger partial charge >= 0.3 is 0 Å². The summed E-state index contributed by atoms with van der Waals surface area (Å²) in [6, 6.07) is 8.23. The van der Waals surface area contributed by atoms with Gasteiger partial charge in [0, 0.05) is 5.56 Å². The fourth-order valence-electron chi connectivity index (χ4n) is 2.62. The zero-order valence-electron chi connectivity index (χ0n) is 14.2. The molecule has 8 nitrogen and oxygen atoms in total. The Kier molecular flexibility index (Phi) is 4.20. The maximum absolute atomic E-state index is 8.78. The first-order valence-corrected chi connectivity index (χ1v) is 8.77. The smallest absolute Gasteiger partial charge is 0.213 e. The minimum absolute atomic E-state index is 0.255. The lowest BCUT2D eigenvalue weighted by atomic mass is 10.1. The van der Waals surface area contributed by atoms with E-state index in [0.717, 1.165) is 31.6 Å². The summed E-state index contributed by atoms with van der Waals surface area (Å²) in [4.78, 5) is 5.58.